The molecule has 0 bridgehead atoms. The van der Waals surface area contributed by atoms with E-state index < -0.39 is 16.1 Å². The molecule has 49 heavy (non-hydrogen) atoms. The Kier molecular flexibility index (Phi) is 12.3. The van der Waals surface area contributed by atoms with E-state index in [1.54, 1.807) is 24.0 Å². The van der Waals surface area contributed by atoms with Crippen LogP contribution in [-0.2, 0) is 21.3 Å². The molecular weight excluding hydrogens is 670 g/mol. The molecule has 0 radical (unpaired) electrons. The summed E-state index contributed by atoms with van der Waals surface area (Å²) in [7, 11) is -1.94. The quantitative estimate of drug-likeness (QED) is 0.283. The number of nitrogens with one attached hydrogen (secondary N) is 1. The van der Waals surface area contributed by atoms with Gasteiger partial charge in [-0.15, -0.1) is 0 Å². The minimum atomic E-state index is -3.97. The van der Waals surface area contributed by atoms with Gasteiger partial charge in [0.15, 0.2) is 11.5 Å². The number of rotatable bonds is 9. The first-order chi connectivity index (χ1) is 23.4. The Morgan fingerprint density at radius 3 is 2.51 bits per heavy atom. The molecular formula is C36H46ClN3O8S. The summed E-state index contributed by atoms with van der Waals surface area (Å²) in [5.41, 5.74) is 1.49. The van der Waals surface area contributed by atoms with E-state index >= 15 is 0 Å². The normalized spacial score (nSPS) is 21.1. The van der Waals surface area contributed by atoms with Crippen molar-refractivity contribution in [1.82, 2.24) is 9.80 Å². The van der Waals surface area contributed by atoms with Crippen molar-refractivity contribution < 1.29 is 37.3 Å². The number of hydrogen-bond donors (Lipinski definition) is 2. The molecule has 2 aliphatic heterocycles. The number of carbonyl (C=O) groups excluding carboxylic acids is 1. The first kappa shape index (κ1) is 36.7. The number of hydrogen-bond acceptors (Lipinski definition) is 9. The van der Waals surface area contributed by atoms with E-state index in [0.717, 1.165) is 36.3 Å². The predicted molar refractivity (Wildman–Crippen MR) is 188 cm³/mol. The van der Waals surface area contributed by atoms with Gasteiger partial charge in [-0.2, -0.15) is 0 Å². The minimum absolute atomic E-state index is 0.0343. The van der Waals surface area contributed by atoms with Crippen LogP contribution in [0.5, 0.6) is 17.2 Å². The van der Waals surface area contributed by atoms with Crippen molar-refractivity contribution in [3.8, 4) is 17.2 Å². The Morgan fingerprint density at radius 1 is 1.02 bits per heavy atom. The highest BCUT2D eigenvalue weighted by molar-refractivity contribution is 7.92. The van der Waals surface area contributed by atoms with Crippen LogP contribution in [0.15, 0.2) is 65.6 Å². The maximum atomic E-state index is 14.4. The number of likely N-dealkylation sites (N-methyl/N-ethyl adjacent to an activating group) is 1. The minimum Gasteiger partial charge on any atom is -0.490 e. The summed E-state index contributed by atoms with van der Waals surface area (Å²) < 4.78 is 52.8. The van der Waals surface area contributed by atoms with Crippen LogP contribution >= 0.6 is 11.6 Å². The Bertz CT molecular complexity index is 1690. The molecule has 5 rings (SSSR count). The van der Waals surface area contributed by atoms with Crippen molar-refractivity contribution in [1.29, 1.82) is 0 Å². The molecule has 13 heteroatoms. The summed E-state index contributed by atoms with van der Waals surface area (Å²) in [5.74, 6) is 1.33. The van der Waals surface area contributed by atoms with Gasteiger partial charge in [-0.25, -0.2) is 8.42 Å². The molecule has 266 valence electrons. The van der Waals surface area contributed by atoms with E-state index in [9.17, 15) is 18.3 Å². The number of anilines is 1. The van der Waals surface area contributed by atoms with Gasteiger partial charge in [-0.1, -0.05) is 24.6 Å². The molecule has 3 aromatic carbocycles. The maximum Gasteiger partial charge on any atom is 0.261 e. The molecule has 11 nitrogen and oxygen atoms in total. The molecule has 0 fully saturated rings. The molecule has 0 unspecified atom stereocenters. The highest BCUT2D eigenvalue weighted by Crippen LogP contribution is 2.33. The molecule has 2 N–H and O–H groups in total. The van der Waals surface area contributed by atoms with Crippen LogP contribution in [-0.4, -0.2) is 87.6 Å². The maximum absolute atomic E-state index is 14.4. The van der Waals surface area contributed by atoms with Gasteiger partial charge in [0.05, 0.1) is 35.3 Å². The third-order valence-electron chi connectivity index (χ3n) is 8.81. The zero-order chi connectivity index (χ0) is 35.1. The number of nitrogens with zero attached hydrogens (tertiary/aromatic N) is 2. The number of carbonyl (C=O) groups is 1. The van der Waals surface area contributed by atoms with Crippen LogP contribution in [0, 0.1) is 5.92 Å². The predicted octanol–water partition coefficient (Wildman–Crippen LogP) is 5.80. The van der Waals surface area contributed by atoms with Gasteiger partial charge in [0.1, 0.15) is 5.75 Å². The first-order valence-electron chi connectivity index (χ1n) is 16.6. The zero-order valence-corrected chi connectivity index (χ0v) is 30.0. The van der Waals surface area contributed by atoms with Crippen LogP contribution < -0.4 is 18.9 Å². The van der Waals surface area contributed by atoms with Gasteiger partial charge in [0.25, 0.3) is 15.9 Å². The molecule has 3 aromatic rings. The summed E-state index contributed by atoms with van der Waals surface area (Å²) in [6.07, 6.45) is 2.02. The topological polar surface area (TPSA) is 127 Å². The SMILES string of the molecule is C[C@@H]1CN([C@H](C)CO)C(=O)c2cc(NS(=O)(=O)c3ccc(Cl)cc3)ccc2O[C@@H](C)CCCCO[C@H]1CN(C)Cc1ccc2c(c1)OCO2. The largest absolute Gasteiger partial charge is 0.490 e. The standard InChI is InChI=1S/C36H46ClN3O8S/c1-24-19-40(25(2)22-41)36(42)31-18-29(38-49(43,44)30-12-9-28(37)10-13-30)11-15-32(31)48-26(3)7-5-6-16-45-35(24)21-39(4)20-27-8-14-33-34(17-27)47-23-46-33/h8-15,17-18,24-26,35,38,41H,5-7,16,19-23H2,1-4H3/t24-,25-,26+,35+/m1/s1. The van der Waals surface area contributed by atoms with Crippen molar-refractivity contribution in [2.75, 3.05) is 44.9 Å². The summed E-state index contributed by atoms with van der Waals surface area (Å²) >= 11 is 5.96. The van der Waals surface area contributed by atoms with Crippen molar-refractivity contribution in [3.63, 3.8) is 0 Å². The summed E-state index contributed by atoms with van der Waals surface area (Å²) in [6.45, 7) is 7.87. The van der Waals surface area contributed by atoms with E-state index in [1.807, 2.05) is 39.1 Å². The number of aliphatic hydroxyl groups is 1. The van der Waals surface area contributed by atoms with Gasteiger partial charge in [-0.05, 0) is 100 Å². The Morgan fingerprint density at radius 2 is 1.76 bits per heavy atom. The van der Waals surface area contributed by atoms with Gasteiger partial charge in [-0.3, -0.25) is 14.4 Å². The van der Waals surface area contributed by atoms with Gasteiger partial charge in [0.2, 0.25) is 6.79 Å². The average molecular weight is 716 g/mol. The van der Waals surface area contributed by atoms with Crippen molar-refractivity contribution in [2.24, 2.45) is 5.92 Å². The van der Waals surface area contributed by atoms with Crippen LogP contribution in [0.25, 0.3) is 0 Å². The third kappa shape index (κ3) is 9.58. The summed E-state index contributed by atoms with van der Waals surface area (Å²) in [4.78, 5) is 18.3. The van der Waals surface area contributed by atoms with E-state index in [-0.39, 0.29) is 53.6 Å². The number of fused-ring (bicyclic) bond motifs is 2. The van der Waals surface area contributed by atoms with E-state index in [1.165, 1.54) is 30.3 Å². The first-order valence-corrected chi connectivity index (χ1v) is 18.5. The smallest absolute Gasteiger partial charge is 0.261 e. The molecule has 0 saturated heterocycles. The number of sulfonamides is 1. The van der Waals surface area contributed by atoms with E-state index in [4.69, 9.17) is 30.5 Å². The van der Waals surface area contributed by atoms with E-state index in [2.05, 4.69) is 9.62 Å². The number of halogens is 1. The van der Waals surface area contributed by atoms with Crippen LogP contribution in [0.1, 0.15) is 56.0 Å². The Labute approximate surface area is 294 Å². The molecule has 0 aliphatic carbocycles. The highest BCUT2D eigenvalue weighted by Gasteiger charge is 2.31. The average Bonchev–Trinajstić information content (AvgIpc) is 3.54. The molecule has 2 aliphatic rings. The van der Waals surface area contributed by atoms with Crippen LogP contribution in [0.3, 0.4) is 0 Å². The Balaban J connectivity index is 1.40. The molecule has 1 amide bonds. The van der Waals surface area contributed by atoms with Crippen molar-refractivity contribution in [3.05, 3.63) is 76.8 Å². The fraction of sp³-hybridized carbons (Fsp3) is 0.472. The summed E-state index contributed by atoms with van der Waals surface area (Å²) in [6, 6.07) is 15.9. The lowest BCUT2D eigenvalue weighted by molar-refractivity contribution is -0.0177. The second-order valence-corrected chi connectivity index (χ2v) is 15.1. The van der Waals surface area contributed by atoms with Gasteiger partial charge < -0.3 is 29.0 Å². The second-order valence-electron chi connectivity index (χ2n) is 13.0. The molecule has 0 spiro atoms. The number of ether oxygens (including phenoxy) is 4. The van der Waals surface area contributed by atoms with Crippen molar-refractivity contribution >= 4 is 33.2 Å². The fourth-order valence-corrected chi connectivity index (χ4v) is 7.17. The molecule has 0 saturated carbocycles. The molecule has 2 heterocycles. The second kappa shape index (κ2) is 16.4. The number of amides is 1. The lowest BCUT2D eigenvalue weighted by Crippen LogP contribution is -2.47. The zero-order valence-electron chi connectivity index (χ0n) is 28.4. The van der Waals surface area contributed by atoms with Crippen molar-refractivity contribution in [2.45, 2.75) is 69.7 Å². The summed E-state index contributed by atoms with van der Waals surface area (Å²) in [5, 5.41) is 10.7. The Hall–Kier alpha value is -3.55. The number of aliphatic hydroxyl groups excluding tert-OH is 1. The molecule has 4 atom stereocenters. The molecule has 0 aromatic heterocycles. The highest BCUT2D eigenvalue weighted by atomic mass is 35.5. The fourth-order valence-electron chi connectivity index (χ4n) is 6.00. The third-order valence-corrected chi connectivity index (χ3v) is 10.5. The number of benzene rings is 3. The van der Waals surface area contributed by atoms with Gasteiger partial charge >= 0.3 is 0 Å². The van der Waals surface area contributed by atoms with Crippen LogP contribution in [0.2, 0.25) is 5.02 Å². The lowest BCUT2D eigenvalue weighted by Gasteiger charge is -2.36. The van der Waals surface area contributed by atoms with Gasteiger partial charge in [0, 0.05) is 42.9 Å². The van der Waals surface area contributed by atoms with Crippen LogP contribution in [0.4, 0.5) is 5.69 Å². The van der Waals surface area contributed by atoms with E-state index in [0.29, 0.717) is 37.0 Å². The lowest BCUT2D eigenvalue weighted by atomic mass is 10.0. The monoisotopic (exact) mass is 715 g/mol.